The van der Waals surface area contributed by atoms with Gasteiger partial charge in [-0.05, 0) is 37.8 Å². The second kappa shape index (κ2) is 9.16. The van der Waals surface area contributed by atoms with E-state index in [4.69, 9.17) is 9.47 Å². The monoisotopic (exact) mass is 294 g/mol. The Morgan fingerprint density at radius 1 is 1.05 bits per heavy atom. The molecule has 0 radical (unpaired) electrons. The second-order valence-corrected chi connectivity index (χ2v) is 5.39. The quantitative estimate of drug-likeness (QED) is 0.351. The Labute approximate surface area is 127 Å². The molecule has 0 saturated carbocycles. The zero-order valence-electron chi connectivity index (χ0n) is 13.4. The number of carbonyl (C=O) groups excluding carboxylic acids is 2. The first kappa shape index (κ1) is 19.2. The van der Waals surface area contributed by atoms with Crippen molar-refractivity contribution in [3.8, 4) is 0 Å². The fraction of sp³-hybridized carbons (Fsp3) is 0.529. The summed E-state index contributed by atoms with van der Waals surface area (Å²) in [5, 5.41) is 0. The molecule has 0 aliphatic rings. The Morgan fingerprint density at radius 3 is 1.76 bits per heavy atom. The van der Waals surface area contributed by atoms with E-state index in [1.54, 1.807) is 19.9 Å². The number of hydrogen-bond donors (Lipinski definition) is 0. The molecular formula is C17H26O4. The van der Waals surface area contributed by atoms with Crippen LogP contribution >= 0.6 is 0 Å². The van der Waals surface area contributed by atoms with Gasteiger partial charge in [-0.15, -0.1) is 6.58 Å². The molecule has 0 aromatic heterocycles. The van der Waals surface area contributed by atoms with Crippen molar-refractivity contribution in [1.29, 1.82) is 0 Å². The average Bonchev–Trinajstić information content (AvgIpc) is 2.41. The first-order chi connectivity index (χ1) is 9.80. The molecule has 0 aliphatic heterocycles. The Bertz CT molecular complexity index is 391. The van der Waals surface area contributed by atoms with Gasteiger partial charge in [-0.25, -0.2) is 0 Å². The van der Waals surface area contributed by atoms with Crippen molar-refractivity contribution in [1.82, 2.24) is 0 Å². The van der Waals surface area contributed by atoms with Crippen molar-refractivity contribution in [2.24, 2.45) is 5.41 Å². The van der Waals surface area contributed by atoms with Crippen LogP contribution in [0, 0.1) is 5.41 Å². The Hall–Kier alpha value is -1.84. The molecule has 0 aliphatic carbocycles. The predicted octanol–water partition coefficient (Wildman–Crippen LogP) is 3.59. The third-order valence-electron chi connectivity index (χ3n) is 2.85. The molecule has 0 atom stereocenters. The molecule has 4 heteroatoms. The third kappa shape index (κ3) is 5.98. The lowest BCUT2D eigenvalue weighted by Gasteiger charge is -2.28. The van der Waals surface area contributed by atoms with Gasteiger partial charge in [0.1, 0.15) is 13.2 Å². The first-order valence-corrected chi connectivity index (χ1v) is 7.04. The highest BCUT2D eigenvalue weighted by Crippen LogP contribution is 2.32. The van der Waals surface area contributed by atoms with Crippen molar-refractivity contribution in [3.63, 3.8) is 0 Å². The van der Waals surface area contributed by atoms with Gasteiger partial charge in [-0.2, -0.15) is 0 Å². The number of esters is 2. The van der Waals surface area contributed by atoms with Crippen molar-refractivity contribution in [3.05, 3.63) is 37.0 Å². The molecule has 0 unspecified atom stereocenters. The van der Waals surface area contributed by atoms with Crippen LogP contribution in [0.5, 0.6) is 0 Å². The Kier molecular flexibility index (Phi) is 8.36. The maximum absolute atomic E-state index is 12.4. The summed E-state index contributed by atoms with van der Waals surface area (Å²) in [6.45, 7) is 16.6. The summed E-state index contributed by atoms with van der Waals surface area (Å²) in [7, 11) is 0. The Balaban J connectivity index is 5.25. The van der Waals surface area contributed by atoms with Crippen molar-refractivity contribution in [2.75, 3.05) is 13.2 Å². The lowest BCUT2D eigenvalue weighted by Crippen LogP contribution is -2.42. The fourth-order valence-corrected chi connectivity index (χ4v) is 1.88. The third-order valence-corrected chi connectivity index (χ3v) is 2.85. The van der Waals surface area contributed by atoms with Gasteiger partial charge in [0.05, 0.1) is 0 Å². The van der Waals surface area contributed by atoms with E-state index >= 15 is 0 Å². The summed E-state index contributed by atoms with van der Waals surface area (Å²) in [6, 6.07) is 0. The molecular weight excluding hydrogens is 268 g/mol. The van der Waals surface area contributed by atoms with Gasteiger partial charge < -0.3 is 9.47 Å². The van der Waals surface area contributed by atoms with Crippen LogP contribution < -0.4 is 0 Å². The van der Waals surface area contributed by atoms with Crippen LogP contribution in [0.2, 0.25) is 0 Å². The van der Waals surface area contributed by atoms with Gasteiger partial charge in [0.15, 0.2) is 5.41 Å². The van der Waals surface area contributed by atoms with Crippen molar-refractivity contribution >= 4 is 11.9 Å². The standard InChI is InChI=1S/C17H26O4/c1-7-9-17(10-8-2,15(18)20-11-13(3)4)16(19)21-12-14(5)6/h7H,1,3,5,8-12H2,2,4,6H3. The lowest BCUT2D eigenvalue weighted by molar-refractivity contribution is -0.172. The normalized spacial score (nSPS) is 10.6. The smallest absolute Gasteiger partial charge is 0.324 e. The minimum absolute atomic E-state index is 0.0925. The molecule has 0 aromatic carbocycles. The molecule has 0 amide bonds. The molecule has 0 N–H and O–H groups in total. The van der Waals surface area contributed by atoms with E-state index in [1.807, 2.05) is 6.92 Å². The van der Waals surface area contributed by atoms with Gasteiger partial charge in [0, 0.05) is 0 Å². The van der Waals surface area contributed by atoms with E-state index in [9.17, 15) is 9.59 Å². The molecule has 118 valence electrons. The molecule has 0 fully saturated rings. The summed E-state index contributed by atoms with van der Waals surface area (Å²) in [4.78, 5) is 24.8. The molecule has 21 heavy (non-hydrogen) atoms. The van der Waals surface area contributed by atoms with Crippen LogP contribution in [0.3, 0.4) is 0 Å². The van der Waals surface area contributed by atoms with Gasteiger partial charge in [0.2, 0.25) is 0 Å². The largest absolute Gasteiger partial charge is 0.460 e. The molecule has 0 heterocycles. The van der Waals surface area contributed by atoms with Crippen LogP contribution in [0.1, 0.15) is 40.0 Å². The van der Waals surface area contributed by atoms with E-state index in [1.165, 1.54) is 0 Å². The van der Waals surface area contributed by atoms with E-state index in [0.29, 0.717) is 24.0 Å². The van der Waals surface area contributed by atoms with Crippen molar-refractivity contribution < 1.29 is 19.1 Å². The minimum atomic E-state index is -1.33. The maximum atomic E-state index is 12.4. The van der Waals surface area contributed by atoms with Crippen LogP contribution in [-0.4, -0.2) is 25.2 Å². The number of carbonyl (C=O) groups is 2. The summed E-state index contributed by atoms with van der Waals surface area (Å²) < 4.78 is 10.4. The van der Waals surface area contributed by atoms with Gasteiger partial charge in [0.25, 0.3) is 0 Å². The molecule has 0 spiro atoms. The second-order valence-electron chi connectivity index (χ2n) is 5.39. The summed E-state index contributed by atoms with van der Waals surface area (Å²) in [5.74, 6) is -1.17. The molecule has 0 saturated heterocycles. The highest BCUT2D eigenvalue weighted by atomic mass is 16.6. The van der Waals surface area contributed by atoms with Gasteiger partial charge >= 0.3 is 11.9 Å². The molecule has 0 bridgehead atoms. The summed E-state index contributed by atoms with van der Waals surface area (Å²) in [6.07, 6.45) is 2.73. The van der Waals surface area contributed by atoms with Gasteiger partial charge in [-0.1, -0.05) is 32.6 Å². The summed E-state index contributed by atoms with van der Waals surface area (Å²) in [5.41, 5.74) is 0.0896. The van der Waals surface area contributed by atoms with Crippen LogP contribution in [0.15, 0.2) is 37.0 Å². The lowest BCUT2D eigenvalue weighted by atomic mass is 9.80. The topological polar surface area (TPSA) is 52.6 Å². The number of rotatable bonds is 10. The van der Waals surface area contributed by atoms with E-state index in [-0.39, 0.29) is 19.6 Å². The summed E-state index contributed by atoms with van der Waals surface area (Å²) >= 11 is 0. The maximum Gasteiger partial charge on any atom is 0.324 e. The molecule has 0 rings (SSSR count). The zero-order chi connectivity index (χ0) is 16.5. The molecule has 0 aromatic rings. The number of ether oxygens (including phenoxy) is 2. The van der Waals surface area contributed by atoms with Crippen LogP contribution in [-0.2, 0) is 19.1 Å². The van der Waals surface area contributed by atoms with E-state index in [0.717, 1.165) is 0 Å². The minimum Gasteiger partial charge on any atom is -0.460 e. The predicted molar refractivity (Wildman–Crippen MR) is 83.7 cm³/mol. The SMILES string of the molecule is C=CCC(CCC)(C(=O)OCC(=C)C)C(=O)OCC(=C)C. The highest BCUT2D eigenvalue weighted by molar-refractivity contribution is 6.00. The molecule has 4 nitrogen and oxygen atoms in total. The van der Waals surface area contributed by atoms with Gasteiger partial charge in [-0.3, -0.25) is 9.59 Å². The first-order valence-electron chi connectivity index (χ1n) is 7.04. The number of hydrogen-bond acceptors (Lipinski definition) is 4. The average molecular weight is 294 g/mol. The number of allylic oxidation sites excluding steroid dienone is 1. The van der Waals surface area contributed by atoms with Crippen LogP contribution in [0.25, 0.3) is 0 Å². The van der Waals surface area contributed by atoms with E-state index in [2.05, 4.69) is 19.7 Å². The van der Waals surface area contributed by atoms with Crippen LogP contribution in [0.4, 0.5) is 0 Å². The Morgan fingerprint density at radius 2 is 1.48 bits per heavy atom. The van der Waals surface area contributed by atoms with Crippen molar-refractivity contribution in [2.45, 2.75) is 40.0 Å². The van der Waals surface area contributed by atoms with E-state index < -0.39 is 17.4 Å². The fourth-order valence-electron chi connectivity index (χ4n) is 1.88. The highest BCUT2D eigenvalue weighted by Gasteiger charge is 2.47. The zero-order valence-corrected chi connectivity index (χ0v) is 13.4.